The number of halogens is 4. The van der Waals surface area contributed by atoms with Gasteiger partial charge in [-0.25, -0.2) is 4.98 Å². The number of alkyl halides is 3. The zero-order valence-electron chi connectivity index (χ0n) is 27.8. The topological polar surface area (TPSA) is 96.0 Å². The fourth-order valence-electron chi connectivity index (χ4n) is 6.73. The maximum atomic E-state index is 14.5. The zero-order valence-corrected chi connectivity index (χ0v) is 28.5. The van der Waals surface area contributed by atoms with Crippen LogP contribution >= 0.6 is 11.6 Å². The highest BCUT2D eigenvalue weighted by Gasteiger charge is 2.35. The number of hydrogen-bond donors (Lipinski definition) is 2. The van der Waals surface area contributed by atoms with E-state index in [0.29, 0.717) is 40.5 Å². The summed E-state index contributed by atoms with van der Waals surface area (Å²) in [6.45, 7) is 4.21. The van der Waals surface area contributed by atoms with E-state index in [4.69, 9.17) is 20.8 Å². The van der Waals surface area contributed by atoms with E-state index in [2.05, 4.69) is 4.98 Å². The number of oxazole rings is 1. The van der Waals surface area contributed by atoms with E-state index in [9.17, 15) is 28.2 Å². The van der Waals surface area contributed by atoms with Crippen molar-refractivity contribution in [1.82, 2.24) is 9.88 Å². The standard InChI is InChI=1S/C39H36ClF3N2O5/c1-22-25(13-14-26-19-35(49-3)27(18-31(26)39(41,42)43)20-45-15-5-4-12-34(45)38(47)48)8-6-9-28(22)29-10-7-11-30(23(29)2)37-44-33-17-24(21-46)16-32(40)36(33)50-37/h6-11,13-14,16-19,34,46H,4-5,12,15,20-21H2,1-3H3,(H,47,48)/b14-13+/t34-/m0/s1. The van der Waals surface area contributed by atoms with Crippen molar-refractivity contribution in [1.29, 1.82) is 0 Å². The first-order chi connectivity index (χ1) is 23.9. The summed E-state index contributed by atoms with van der Waals surface area (Å²) >= 11 is 6.39. The first kappa shape index (κ1) is 35.2. The summed E-state index contributed by atoms with van der Waals surface area (Å²) in [6, 6.07) is 16.5. The number of methoxy groups -OCH3 is 1. The maximum Gasteiger partial charge on any atom is 0.417 e. The first-order valence-corrected chi connectivity index (χ1v) is 16.6. The highest BCUT2D eigenvalue weighted by atomic mass is 35.5. The monoisotopic (exact) mass is 704 g/mol. The van der Waals surface area contributed by atoms with E-state index >= 15 is 0 Å². The number of aliphatic hydroxyl groups is 1. The lowest BCUT2D eigenvalue weighted by Crippen LogP contribution is -2.44. The molecule has 0 unspecified atom stereocenters. The van der Waals surface area contributed by atoms with Crippen molar-refractivity contribution in [3.8, 4) is 28.3 Å². The van der Waals surface area contributed by atoms with E-state index in [0.717, 1.165) is 52.3 Å². The molecule has 6 rings (SSSR count). The van der Waals surface area contributed by atoms with E-state index in [-0.39, 0.29) is 30.0 Å². The van der Waals surface area contributed by atoms with Gasteiger partial charge in [0.2, 0.25) is 5.89 Å². The van der Waals surface area contributed by atoms with Crippen LogP contribution in [0.1, 0.15) is 58.2 Å². The molecule has 1 fully saturated rings. The number of nitrogens with zero attached hydrogens (tertiary/aromatic N) is 2. The lowest BCUT2D eigenvalue weighted by atomic mass is 9.91. The Morgan fingerprint density at radius 2 is 1.72 bits per heavy atom. The van der Waals surface area contributed by atoms with Crippen molar-refractivity contribution in [2.75, 3.05) is 13.7 Å². The number of hydrogen-bond acceptors (Lipinski definition) is 6. The van der Waals surface area contributed by atoms with Crippen LogP contribution in [0.2, 0.25) is 5.02 Å². The molecule has 5 aromatic rings. The van der Waals surface area contributed by atoms with Crippen LogP contribution in [0.25, 0.3) is 45.8 Å². The minimum absolute atomic E-state index is 0.0348. The molecule has 7 nitrogen and oxygen atoms in total. The molecular formula is C39H36ClF3N2O5. The van der Waals surface area contributed by atoms with Crippen molar-refractivity contribution >= 4 is 40.8 Å². The Kier molecular flexibility index (Phi) is 10.1. The molecule has 2 N–H and O–H groups in total. The SMILES string of the molecule is COc1cc(/C=C/c2cccc(-c3cccc(-c4nc5cc(CO)cc(Cl)c5o4)c3C)c2C)c(C(F)(F)F)cc1CN1CCCC[C@H]1C(=O)O. The minimum Gasteiger partial charge on any atom is -0.496 e. The molecule has 260 valence electrons. The number of ether oxygens (including phenoxy) is 1. The Bertz CT molecular complexity index is 2110. The fraction of sp³-hybridized carbons (Fsp3) is 0.282. The van der Waals surface area contributed by atoms with E-state index in [1.165, 1.54) is 19.3 Å². The van der Waals surface area contributed by atoms with Gasteiger partial charge < -0.3 is 19.4 Å². The number of carboxylic acids is 1. The smallest absolute Gasteiger partial charge is 0.417 e. The van der Waals surface area contributed by atoms with Gasteiger partial charge in [-0.15, -0.1) is 0 Å². The molecule has 50 heavy (non-hydrogen) atoms. The van der Waals surface area contributed by atoms with Gasteiger partial charge >= 0.3 is 12.1 Å². The van der Waals surface area contributed by atoms with Crippen LogP contribution in [0.5, 0.6) is 5.75 Å². The fourth-order valence-corrected chi connectivity index (χ4v) is 7.01. The lowest BCUT2D eigenvalue weighted by molar-refractivity contribution is -0.145. The Morgan fingerprint density at radius 1 is 1.02 bits per heavy atom. The molecule has 1 saturated heterocycles. The second kappa shape index (κ2) is 14.3. The van der Waals surface area contributed by atoms with Gasteiger partial charge in [-0.2, -0.15) is 13.2 Å². The van der Waals surface area contributed by atoms with Crippen molar-refractivity contribution in [2.45, 2.75) is 58.5 Å². The Labute approximate surface area is 292 Å². The summed E-state index contributed by atoms with van der Waals surface area (Å²) in [5, 5.41) is 19.6. The van der Waals surface area contributed by atoms with Gasteiger partial charge in [-0.1, -0.05) is 60.5 Å². The third-order valence-corrected chi connectivity index (χ3v) is 9.67. The number of rotatable bonds is 9. The molecule has 0 amide bonds. The summed E-state index contributed by atoms with van der Waals surface area (Å²) in [5.74, 6) is -0.341. The second-order valence-electron chi connectivity index (χ2n) is 12.5. The molecule has 1 aromatic heterocycles. The van der Waals surface area contributed by atoms with E-state index in [1.807, 2.05) is 50.2 Å². The van der Waals surface area contributed by atoms with Crippen molar-refractivity contribution in [3.05, 3.63) is 105 Å². The first-order valence-electron chi connectivity index (χ1n) is 16.2. The Hall–Kier alpha value is -4.64. The average Bonchev–Trinajstić information content (AvgIpc) is 3.52. The van der Waals surface area contributed by atoms with Crippen LogP contribution in [0.3, 0.4) is 0 Å². The highest BCUT2D eigenvalue weighted by molar-refractivity contribution is 6.34. The third-order valence-electron chi connectivity index (χ3n) is 9.39. The van der Waals surface area contributed by atoms with Crippen molar-refractivity contribution in [2.24, 2.45) is 0 Å². The van der Waals surface area contributed by atoms with Gasteiger partial charge in [0, 0.05) is 17.7 Å². The summed E-state index contributed by atoms with van der Waals surface area (Å²) in [7, 11) is 1.40. The van der Waals surface area contributed by atoms with Gasteiger partial charge in [-0.3, -0.25) is 9.69 Å². The molecule has 1 aliphatic rings. The second-order valence-corrected chi connectivity index (χ2v) is 12.9. The number of benzene rings is 4. The Morgan fingerprint density at radius 3 is 2.42 bits per heavy atom. The van der Waals surface area contributed by atoms with E-state index in [1.54, 1.807) is 23.1 Å². The summed E-state index contributed by atoms with van der Waals surface area (Å²) < 4.78 is 55.0. The van der Waals surface area contributed by atoms with Gasteiger partial charge in [0.1, 0.15) is 17.3 Å². The zero-order chi connectivity index (χ0) is 35.7. The molecule has 11 heteroatoms. The molecule has 2 heterocycles. The highest BCUT2D eigenvalue weighted by Crippen LogP contribution is 2.40. The third kappa shape index (κ3) is 7.01. The molecule has 1 atom stereocenters. The normalized spacial score (nSPS) is 15.6. The number of likely N-dealkylation sites (tertiary alicyclic amines) is 1. The van der Waals surface area contributed by atoms with Crippen LogP contribution in [0.4, 0.5) is 13.2 Å². The molecule has 1 aliphatic heterocycles. The van der Waals surface area contributed by atoms with Gasteiger partial charge in [-0.05, 0) is 103 Å². The minimum atomic E-state index is -4.65. The van der Waals surface area contributed by atoms with Gasteiger partial charge in [0.05, 0.1) is 24.3 Å². The summed E-state index contributed by atoms with van der Waals surface area (Å²) in [4.78, 5) is 18.2. The summed E-state index contributed by atoms with van der Waals surface area (Å²) in [6.07, 6.45) is 0.429. The molecular weight excluding hydrogens is 669 g/mol. The number of aliphatic carboxylic acids is 1. The van der Waals surface area contributed by atoms with Crippen LogP contribution in [-0.4, -0.2) is 45.8 Å². The molecule has 0 spiro atoms. The van der Waals surface area contributed by atoms with Gasteiger partial charge in [0.25, 0.3) is 0 Å². The molecule has 0 bridgehead atoms. The average molecular weight is 705 g/mol. The van der Waals surface area contributed by atoms with Crippen LogP contribution in [0.15, 0.2) is 65.1 Å². The van der Waals surface area contributed by atoms with Crippen LogP contribution in [-0.2, 0) is 24.1 Å². The van der Waals surface area contributed by atoms with Gasteiger partial charge in [0.15, 0.2) is 5.58 Å². The predicted octanol–water partition coefficient (Wildman–Crippen LogP) is 9.56. The van der Waals surface area contributed by atoms with Crippen molar-refractivity contribution in [3.63, 3.8) is 0 Å². The predicted molar refractivity (Wildman–Crippen MR) is 188 cm³/mol. The Balaban J connectivity index is 1.35. The number of aromatic nitrogens is 1. The maximum absolute atomic E-state index is 14.5. The number of fused-ring (bicyclic) bond motifs is 1. The molecule has 0 saturated carbocycles. The molecule has 4 aromatic carbocycles. The summed E-state index contributed by atoms with van der Waals surface area (Å²) in [5.41, 5.74) is 6.00. The largest absolute Gasteiger partial charge is 0.496 e. The number of carbonyl (C=O) groups is 1. The van der Waals surface area contributed by atoms with E-state index < -0.39 is 23.8 Å². The van der Waals surface area contributed by atoms with Crippen LogP contribution in [0, 0.1) is 13.8 Å². The lowest BCUT2D eigenvalue weighted by Gasteiger charge is -2.33. The van der Waals surface area contributed by atoms with Crippen LogP contribution < -0.4 is 4.74 Å². The van der Waals surface area contributed by atoms with Crippen molar-refractivity contribution < 1.29 is 37.3 Å². The number of piperidine rings is 1. The quantitative estimate of drug-likeness (QED) is 0.148. The number of aliphatic hydroxyl groups excluding tert-OH is 1. The number of carboxylic acid groups (broad SMARTS) is 1. The molecule has 0 aliphatic carbocycles. The molecule has 0 radical (unpaired) electrons.